The number of hydrogen-bond donors (Lipinski definition) is 3. The minimum absolute atomic E-state index is 0.0644. The molecule has 0 aliphatic rings. The molecule has 0 spiro atoms. The van der Waals surface area contributed by atoms with E-state index in [0.29, 0.717) is 11.1 Å². The lowest BCUT2D eigenvalue weighted by Gasteiger charge is -2.08. The van der Waals surface area contributed by atoms with Crippen molar-refractivity contribution in [1.82, 2.24) is 4.98 Å². The van der Waals surface area contributed by atoms with Crippen LogP contribution >= 0.6 is 0 Å². The molecular formula is C21H20N4O. The number of H-pyrrole nitrogens is 1. The Labute approximate surface area is 152 Å². The first-order valence-electron chi connectivity index (χ1n) is 8.37. The summed E-state index contributed by atoms with van der Waals surface area (Å²) in [5.41, 5.74) is 8.65. The van der Waals surface area contributed by atoms with Gasteiger partial charge in [0.25, 0.3) is 0 Å². The highest BCUT2D eigenvalue weighted by Gasteiger charge is 2.11. The van der Waals surface area contributed by atoms with E-state index in [2.05, 4.69) is 16.0 Å². The molecule has 0 aliphatic heterocycles. The number of rotatable bonds is 5. The quantitative estimate of drug-likeness (QED) is 0.373. The molecule has 5 heteroatoms. The number of aromatic nitrogens is 1. The van der Waals surface area contributed by atoms with Gasteiger partial charge in [0.2, 0.25) is 0 Å². The summed E-state index contributed by atoms with van der Waals surface area (Å²) in [7, 11) is 0. The van der Waals surface area contributed by atoms with E-state index >= 15 is 0 Å². The van der Waals surface area contributed by atoms with Crippen LogP contribution in [0.4, 0.5) is 0 Å². The van der Waals surface area contributed by atoms with Crippen molar-refractivity contribution in [2.75, 3.05) is 0 Å². The van der Waals surface area contributed by atoms with Crippen molar-refractivity contribution in [3.8, 4) is 11.8 Å². The lowest BCUT2D eigenvalue weighted by atomic mass is 10.1. The Morgan fingerprint density at radius 1 is 1.23 bits per heavy atom. The topological polar surface area (TPSA) is 98.2 Å². The summed E-state index contributed by atoms with van der Waals surface area (Å²) in [5.74, 6) is 0.257. The zero-order valence-electron chi connectivity index (χ0n) is 14.5. The Bertz CT molecular complexity index is 1010. The summed E-state index contributed by atoms with van der Waals surface area (Å²) >= 11 is 0. The Hall–Kier alpha value is -3.52. The minimum Gasteiger partial charge on any atom is -0.505 e. The number of aromatic hydroxyl groups is 1. The van der Waals surface area contributed by atoms with Crippen LogP contribution in [0.15, 0.2) is 65.2 Å². The van der Waals surface area contributed by atoms with Crippen molar-refractivity contribution in [1.29, 1.82) is 5.26 Å². The third kappa shape index (κ3) is 3.76. The van der Waals surface area contributed by atoms with Crippen LogP contribution < -0.4 is 5.73 Å². The fraction of sp³-hybridized carbons (Fsp3) is 0.143. The lowest BCUT2D eigenvalue weighted by molar-refractivity contribution is 0.480. The first kappa shape index (κ1) is 17.3. The second-order valence-electron chi connectivity index (χ2n) is 6.16. The van der Waals surface area contributed by atoms with Crippen molar-refractivity contribution >= 4 is 22.8 Å². The highest BCUT2D eigenvalue weighted by atomic mass is 16.3. The molecule has 1 aromatic heterocycles. The van der Waals surface area contributed by atoms with E-state index in [1.54, 1.807) is 0 Å². The van der Waals surface area contributed by atoms with Gasteiger partial charge in [-0.25, -0.2) is 0 Å². The molecule has 0 aliphatic carbocycles. The number of hydrogen-bond acceptors (Lipinski definition) is 3. The van der Waals surface area contributed by atoms with Gasteiger partial charge >= 0.3 is 0 Å². The number of aliphatic imine (C=N–C) groups is 1. The van der Waals surface area contributed by atoms with E-state index in [9.17, 15) is 10.4 Å². The molecular weight excluding hydrogens is 324 g/mol. The van der Waals surface area contributed by atoms with Crippen LogP contribution in [0, 0.1) is 11.3 Å². The number of nitrogens with two attached hydrogens (primary N) is 1. The smallest absolute Gasteiger partial charge is 0.148 e. The van der Waals surface area contributed by atoms with Gasteiger partial charge in [-0.3, -0.25) is 4.99 Å². The number of nitriles is 1. The summed E-state index contributed by atoms with van der Waals surface area (Å²) in [4.78, 5) is 7.52. The fourth-order valence-corrected chi connectivity index (χ4v) is 2.87. The maximum Gasteiger partial charge on any atom is 0.148 e. The molecule has 26 heavy (non-hydrogen) atoms. The average Bonchev–Trinajstić information content (AvgIpc) is 2.96. The number of nitrogens with one attached hydrogen (secondary N) is 1. The summed E-state index contributed by atoms with van der Waals surface area (Å²) < 4.78 is 0. The molecule has 1 atom stereocenters. The van der Waals surface area contributed by atoms with Crippen molar-refractivity contribution in [3.63, 3.8) is 0 Å². The van der Waals surface area contributed by atoms with Crippen molar-refractivity contribution in [2.24, 2.45) is 10.7 Å². The number of amidine groups is 1. The molecule has 130 valence electrons. The molecule has 2 aromatic carbocycles. The van der Waals surface area contributed by atoms with Gasteiger partial charge in [0.15, 0.2) is 0 Å². The van der Waals surface area contributed by atoms with Crippen LogP contribution in [0.5, 0.6) is 5.75 Å². The van der Waals surface area contributed by atoms with Gasteiger partial charge in [-0.05, 0) is 37.1 Å². The summed E-state index contributed by atoms with van der Waals surface area (Å²) in [6.07, 6.45) is 2.27. The van der Waals surface area contributed by atoms with Crippen molar-refractivity contribution in [3.05, 3.63) is 71.4 Å². The zero-order chi connectivity index (χ0) is 18.5. The van der Waals surface area contributed by atoms with Gasteiger partial charge < -0.3 is 15.8 Å². The lowest BCUT2D eigenvalue weighted by Crippen LogP contribution is -2.18. The monoisotopic (exact) mass is 344 g/mol. The SMILES string of the molecule is C[C@@H](Cc1ccccc1)N=C(N)/C(C#N)=C/c1[nH]c2ccccc2c1O. The van der Waals surface area contributed by atoms with Crippen molar-refractivity contribution < 1.29 is 5.11 Å². The van der Waals surface area contributed by atoms with Gasteiger partial charge in [-0.1, -0.05) is 42.5 Å². The number of fused-ring (bicyclic) bond motifs is 1. The van der Waals surface area contributed by atoms with E-state index < -0.39 is 0 Å². The summed E-state index contributed by atoms with van der Waals surface area (Å²) in [5, 5.41) is 20.5. The van der Waals surface area contributed by atoms with Gasteiger partial charge in [0, 0.05) is 10.9 Å². The highest BCUT2D eigenvalue weighted by Crippen LogP contribution is 2.30. The Kier molecular flexibility index (Phi) is 5.04. The van der Waals surface area contributed by atoms with E-state index in [1.807, 2.05) is 61.5 Å². The Morgan fingerprint density at radius 3 is 2.62 bits per heavy atom. The molecule has 0 saturated carbocycles. The van der Waals surface area contributed by atoms with Crippen molar-refractivity contribution in [2.45, 2.75) is 19.4 Å². The van der Waals surface area contributed by atoms with Crippen LogP contribution in [0.1, 0.15) is 18.2 Å². The second kappa shape index (κ2) is 7.58. The molecule has 0 radical (unpaired) electrons. The fourth-order valence-electron chi connectivity index (χ4n) is 2.87. The predicted molar refractivity (Wildman–Crippen MR) is 105 cm³/mol. The molecule has 4 N–H and O–H groups in total. The molecule has 0 amide bonds. The molecule has 0 bridgehead atoms. The molecule has 3 rings (SSSR count). The van der Waals surface area contributed by atoms with E-state index in [0.717, 1.165) is 17.5 Å². The first-order chi connectivity index (χ1) is 12.6. The van der Waals surface area contributed by atoms with Crippen LogP contribution in [-0.2, 0) is 6.42 Å². The van der Waals surface area contributed by atoms with Gasteiger partial charge in [0.1, 0.15) is 17.7 Å². The molecule has 5 nitrogen and oxygen atoms in total. The third-order valence-corrected chi connectivity index (χ3v) is 4.13. The first-order valence-corrected chi connectivity index (χ1v) is 8.37. The van der Waals surface area contributed by atoms with Crippen LogP contribution in [0.25, 0.3) is 17.0 Å². The molecule has 0 unspecified atom stereocenters. The van der Waals surface area contributed by atoms with E-state index in [1.165, 1.54) is 6.08 Å². The zero-order valence-corrected chi connectivity index (χ0v) is 14.5. The number of benzene rings is 2. The Morgan fingerprint density at radius 2 is 1.92 bits per heavy atom. The maximum absolute atomic E-state index is 10.3. The normalized spacial score (nSPS) is 13.5. The van der Waals surface area contributed by atoms with Gasteiger partial charge in [0.05, 0.1) is 17.3 Å². The summed E-state index contributed by atoms with van der Waals surface area (Å²) in [6.45, 7) is 1.95. The number of aromatic amines is 1. The van der Waals surface area contributed by atoms with Crippen LogP contribution in [-0.4, -0.2) is 22.0 Å². The van der Waals surface area contributed by atoms with Crippen LogP contribution in [0.2, 0.25) is 0 Å². The van der Waals surface area contributed by atoms with Gasteiger partial charge in [-0.2, -0.15) is 5.26 Å². The largest absolute Gasteiger partial charge is 0.505 e. The van der Waals surface area contributed by atoms with E-state index in [4.69, 9.17) is 5.73 Å². The summed E-state index contributed by atoms with van der Waals surface area (Å²) in [6, 6.07) is 19.4. The molecule has 0 fully saturated rings. The minimum atomic E-state index is -0.0644. The third-order valence-electron chi connectivity index (χ3n) is 4.13. The van der Waals surface area contributed by atoms with Crippen LogP contribution in [0.3, 0.4) is 0 Å². The number of nitrogens with zero attached hydrogens (tertiary/aromatic N) is 2. The van der Waals surface area contributed by atoms with Gasteiger partial charge in [-0.15, -0.1) is 0 Å². The molecule has 1 heterocycles. The Balaban J connectivity index is 1.85. The standard InChI is InChI=1S/C21H20N4O/c1-14(11-15-7-3-2-4-8-15)24-21(23)16(13-22)12-19-20(26)17-9-5-6-10-18(17)25-19/h2-10,12,14,25-26H,11H2,1H3,(H2,23,24)/b16-12+/t14-/m0/s1. The maximum atomic E-state index is 10.3. The molecule has 3 aromatic rings. The average molecular weight is 344 g/mol. The highest BCUT2D eigenvalue weighted by molar-refractivity contribution is 6.05. The number of para-hydroxylation sites is 1. The predicted octanol–water partition coefficient (Wildman–Crippen LogP) is 3.77. The van der Waals surface area contributed by atoms with E-state index in [-0.39, 0.29) is 23.2 Å². The second-order valence-corrected chi connectivity index (χ2v) is 6.16. The molecule has 0 saturated heterocycles.